The van der Waals surface area contributed by atoms with Crippen molar-refractivity contribution in [2.24, 2.45) is 0 Å². The lowest BCUT2D eigenvalue weighted by Gasteiger charge is -2.32. The SMILES string of the molecule is CCOc1ccccc1N(CCCC(=O)N(Cc1cccc(OC)c1)[C@H](CC)C(=O)NC1CCCC1)S(C)(=O)=O. The lowest BCUT2D eigenvalue weighted by atomic mass is 10.1. The number of nitrogens with one attached hydrogen (secondary N) is 1. The number of sulfonamides is 1. The van der Waals surface area contributed by atoms with E-state index in [-0.39, 0.29) is 43.8 Å². The molecular weight excluding hydrogens is 530 g/mol. The summed E-state index contributed by atoms with van der Waals surface area (Å²) in [5, 5.41) is 3.15. The van der Waals surface area contributed by atoms with Gasteiger partial charge in [0.05, 0.1) is 25.7 Å². The van der Waals surface area contributed by atoms with Crippen LogP contribution in [0.4, 0.5) is 5.69 Å². The van der Waals surface area contributed by atoms with Crippen molar-refractivity contribution in [2.75, 3.05) is 30.8 Å². The first kappa shape index (κ1) is 31.3. The number of hydrogen-bond donors (Lipinski definition) is 1. The predicted octanol–water partition coefficient (Wildman–Crippen LogP) is 4.51. The van der Waals surface area contributed by atoms with E-state index >= 15 is 0 Å². The fraction of sp³-hybridized carbons (Fsp3) is 0.533. The van der Waals surface area contributed by atoms with Crippen LogP contribution in [0.3, 0.4) is 0 Å². The molecule has 1 atom stereocenters. The topological polar surface area (TPSA) is 105 Å². The van der Waals surface area contributed by atoms with Gasteiger partial charge < -0.3 is 19.7 Å². The van der Waals surface area contributed by atoms with Crippen LogP contribution < -0.4 is 19.1 Å². The Hall–Kier alpha value is -3.27. The van der Waals surface area contributed by atoms with E-state index in [1.54, 1.807) is 36.3 Å². The highest BCUT2D eigenvalue weighted by Crippen LogP contribution is 2.30. The van der Waals surface area contributed by atoms with Crippen molar-refractivity contribution >= 4 is 27.5 Å². The molecule has 220 valence electrons. The number of nitrogens with zero attached hydrogens (tertiary/aromatic N) is 2. The highest BCUT2D eigenvalue weighted by molar-refractivity contribution is 7.92. The Morgan fingerprint density at radius 2 is 1.80 bits per heavy atom. The van der Waals surface area contributed by atoms with Crippen LogP contribution in [-0.2, 0) is 26.2 Å². The molecule has 1 fully saturated rings. The second kappa shape index (κ2) is 14.9. The van der Waals surface area contributed by atoms with Gasteiger partial charge in [-0.25, -0.2) is 8.42 Å². The third-order valence-electron chi connectivity index (χ3n) is 7.16. The summed E-state index contributed by atoms with van der Waals surface area (Å²) in [4.78, 5) is 28.7. The molecule has 0 spiro atoms. The molecule has 1 N–H and O–H groups in total. The van der Waals surface area contributed by atoms with Crippen LogP contribution in [0.1, 0.15) is 64.4 Å². The molecular formula is C30H43N3O6S. The van der Waals surface area contributed by atoms with Gasteiger partial charge in [-0.2, -0.15) is 0 Å². The molecule has 1 saturated carbocycles. The van der Waals surface area contributed by atoms with Crippen molar-refractivity contribution < 1.29 is 27.5 Å². The quantitative estimate of drug-likeness (QED) is 0.336. The highest BCUT2D eigenvalue weighted by Gasteiger charge is 2.31. The second-order valence-corrected chi connectivity index (χ2v) is 12.0. The van der Waals surface area contributed by atoms with Crippen LogP contribution in [0.15, 0.2) is 48.5 Å². The van der Waals surface area contributed by atoms with Gasteiger partial charge in [-0.15, -0.1) is 0 Å². The number of rotatable bonds is 15. The van der Waals surface area contributed by atoms with Gasteiger partial charge in [0.2, 0.25) is 21.8 Å². The Balaban J connectivity index is 1.79. The van der Waals surface area contributed by atoms with Crippen molar-refractivity contribution in [3.8, 4) is 11.5 Å². The van der Waals surface area contributed by atoms with Crippen LogP contribution in [0.2, 0.25) is 0 Å². The summed E-state index contributed by atoms with van der Waals surface area (Å²) < 4.78 is 37.7. The maximum atomic E-state index is 13.7. The summed E-state index contributed by atoms with van der Waals surface area (Å²) in [6, 6.07) is 13.9. The van der Waals surface area contributed by atoms with Gasteiger partial charge in [0.1, 0.15) is 17.5 Å². The molecule has 10 heteroatoms. The molecule has 0 unspecified atom stereocenters. The standard InChI is InChI=1S/C30H43N3O6S/c1-5-26(30(35)31-24-14-7-8-15-24)32(22-23-13-11-16-25(21-23)38-3)29(34)19-12-20-33(40(4,36)37)27-17-9-10-18-28(27)39-6-2/h9-11,13,16-18,21,24,26H,5-8,12,14-15,19-20,22H2,1-4H3,(H,31,35)/t26-/m1/s1. The lowest BCUT2D eigenvalue weighted by Crippen LogP contribution is -2.51. The van der Waals surface area contributed by atoms with E-state index in [0.29, 0.717) is 30.2 Å². The average Bonchev–Trinajstić information content (AvgIpc) is 3.44. The van der Waals surface area contributed by atoms with Gasteiger partial charge in [0.15, 0.2) is 0 Å². The van der Waals surface area contributed by atoms with Crippen LogP contribution in [0.25, 0.3) is 0 Å². The molecule has 2 aromatic carbocycles. The van der Waals surface area contributed by atoms with Crippen molar-refractivity contribution in [2.45, 2.75) is 77.4 Å². The fourth-order valence-corrected chi connectivity index (χ4v) is 6.15. The van der Waals surface area contributed by atoms with E-state index in [0.717, 1.165) is 37.5 Å². The summed E-state index contributed by atoms with van der Waals surface area (Å²) >= 11 is 0. The van der Waals surface area contributed by atoms with E-state index in [4.69, 9.17) is 9.47 Å². The van der Waals surface area contributed by atoms with Crippen LogP contribution >= 0.6 is 0 Å². The number of methoxy groups -OCH3 is 1. The molecule has 40 heavy (non-hydrogen) atoms. The number of para-hydroxylation sites is 2. The summed E-state index contributed by atoms with van der Waals surface area (Å²) in [5.74, 6) is 0.790. The Kier molecular flexibility index (Phi) is 11.7. The van der Waals surface area contributed by atoms with Crippen LogP contribution in [0, 0.1) is 0 Å². The molecule has 3 rings (SSSR count). The van der Waals surface area contributed by atoms with Gasteiger partial charge in [0.25, 0.3) is 0 Å². The molecule has 0 aliphatic heterocycles. The maximum absolute atomic E-state index is 13.7. The minimum absolute atomic E-state index is 0.0833. The average molecular weight is 574 g/mol. The monoisotopic (exact) mass is 573 g/mol. The third kappa shape index (κ3) is 8.61. The van der Waals surface area contributed by atoms with Gasteiger partial charge in [-0.1, -0.05) is 44.0 Å². The molecule has 0 heterocycles. The first-order valence-electron chi connectivity index (χ1n) is 14.1. The Bertz CT molecular complexity index is 1230. The Labute approximate surface area is 238 Å². The van der Waals surface area contributed by atoms with E-state index in [1.165, 1.54) is 4.31 Å². The van der Waals surface area contributed by atoms with E-state index < -0.39 is 16.1 Å². The summed E-state index contributed by atoms with van der Waals surface area (Å²) in [6.45, 7) is 4.49. The lowest BCUT2D eigenvalue weighted by molar-refractivity contribution is -0.141. The number of ether oxygens (including phenoxy) is 2. The molecule has 1 aliphatic carbocycles. The third-order valence-corrected chi connectivity index (χ3v) is 8.34. The summed E-state index contributed by atoms with van der Waals surface area (Å²) in [6.07, 6.45) is 6.07. The molecule has 2 amide bonds. The zero-order valence-corrected chi connectivity index (χ0v) is 24.9. The van der Waals surface area contributed by atoms with Gasteiger partial charge >= 0.3 is 0 Å². The zero-order valence-electron chi connectivity index (χ0n) is 24.1. The number of benzene rings is 2. The van der Waals surface area contributed by atoms with Crippen LogP contribution in [-0.4, -0.2) is 63.7 Å². The van der Waals surface area contributed by atoms with E-state index in [2.05, 4.69) is 5.32 Å². The molecule has 0 saturated heterocycles. The predicted molar refractivity (Wildman–Crippen MR) is 157 cm³/mol. The van der Waals surface area contributed by atoms with Gasteiger partial charge in [-0.3, -0.25) is 13.9 Å². The Morgan fingerprint density at radius 3 is 2.45 bits per heavy atom. The first-order chi connectivity index (χ1) is 19.2. The molecule has 0 radical (unpaired) electrons. The summed E-state index contributed by atoms with van der Waals surface area (Å²) in [5.41, 5.74) is 1.29. The van der Waals surface area contributed by atoms with Crippen molar-refractivity contribution in [3.05, 3.63) is 54.1 Å². The molecule has 2 aromatic rings. The minimum atomic E-state index is -3.63. The number of anilines is 1. The number of carbonyl (C=O) groups is 2. The number of carbonyl (C=O) groups excluding carboxylic acids is 2. The van der Waals surface area contributed by atoms with Crippen molar-refractivity contribution in [1.82, 2.24) is 10.2 Å². The van der Waals surface area contributed by atoms with Crippen LogP contribution in [0.5, 0.6) is 11.5 Å². The number of hydrogen-bond acceptors (Lipinski definition) is 6. The van der Waals surface area contributed by atoms with Crippen molar-refractivity contribution in [1.29, 1.82) is 0 Å². The maximum Gasteiger partial charge on any atom is 0.243 e. The molecule has 0 bridgehead atoms. The van der Waals surface area contributed by atoms with Crippen molar-refractivity contribution in [3.63, 3.8) is 0 Å². The number of amides is 2. The van der Waals surface area contributed by atoms with Gasteiger partial charge in [-0.05, 0) is 62.4 Å². The fourth-order valence-electron chi connectivity index (χ4n) is 5.18. The molecule has 1 aliphatic rings. The second-order valence-electron chi connectivity index (χ2n) is 10.1. The Morgan fingerprint density at radius 1 is 1.07 bits per heavy atom. The normalized spacial score (nSPS) is 14.4. The highest BCUT2D eigenvalue weighted by atomic mass is 32.2. The summed E-state index contributed by atoms with van der Waals surface area (Å²) in [7, 11) is -2.04. The first-order valence-corrected chi connectivity index (χ1v) is 15.9. The van der Waals surface area contributed by atoms with Gasteiger partial charge in [0, 0.05) is 25.6 Å². The van der Waals surface area contributed by atoms with E-state index in [9.17, 15) is 18.0 Å². The molecule has 0 aromatic heterocycles. The minimum Gasteiger partial charge on any atom is -0.497 e. The largest absolute Gasteiger partial charge is 0.497 e. The zero-order chi connectivity index (χ0) is 29.1. The smallest absolute Gasteiger partial charge is 0.243 e. The van der Waals surface area contributed by atoms with E-state index in [1.807, 2.05) is 38.1 Å². The molecule has 9 nitrogen and oxygen atoms in total.